The third-order valence-electron chi connectivity index (χ3n) is 5.43. The first-order chi connectivity index (χ1) is 12.4. The van der Waals surface area contributed by atoms with E-state index in [-0.39, 0.29) is 17.9 Å². The van der Waals surface area contributed by atoms with E-state index < -0.39 is 0 Å². The molecule has 7 nitrogen and oxygen atoms in total. The van der Waals surface area contributed by atoms with Crippen LogP contribution in [0.25, 0.3) is 0 Å². The van der Waals surface area contributed by atoms with Gasteiger partial charge < -0.3 is 14.7 Å². The molecule has 3 rings (SSSR count). The molecular weight excluding hydrogens is 332 g/mol. The number of carbonyl (C=O) groups is 2. The number of nitrogens with zero attached hydrogens (tertiary/aromatic N) is 3. The molecule has 1 aromatic heterocycles. The summed E-state index contributed by atoms with van der Waals surface area (Å²) in [6.07, 6.45) is 5.14. The van der Waals surface area contributed by atoms with Gasteiger partial charge in [0.25, 0.3) is 0 Å². The molecule has 1 N–H and O–H groups in total. The Bertz CT molecular complexity index is 640. The quantitative estimate of drug-likeness (QED) is 0.762. The van der Waals surface area contributed by atoms with Gasteiger partial charge in [-0.1, -0.05) is 5.16 Å². The van der Waals surface area contributed by atoms with Gasteiger partial charge in [-0.2, -0.15) is 0 Å². The van der Waals surface area contributed by atoms with Gasteiger partial charge >= 0.3 is 0 Å². The summed E-state index contributed by atoms with van der Waals surface area (Å²) in [6.45, 7) is 5.61. The molecule has 0 bridgehead atoms. The van der Waals surface area contributed by atoms with Gasteiger partial charge in [0, 0.05) is 51.6 Å². The highest BCUT2D eigenvalue weighted by Crippen LogP contribution is 2.35. The van der Waals surface area contributed by atoms with E-state index in [2.05, 4.69) is 15.4 Å². The van der Waals surface area contributed by atoms with Crippen LogP contribution in [0.15, 0.2) is 10.6 Å². The highest BCUT2D eigenvalue weighted by atomic mass is 16.5. The highest BCUT2D eigenvalue weighted by Gasteiger charge is 2.38. The lowest BCUT2D eigenvalue weighted by atomic mass is 10.1. The zero-order chi connectivity index (χ0) is 18.7. The zero-order valence-corrected chi connectivity index (χ0v) is 16.0. The molecule has 2 heterocycles. The van der Waals surface area contributed by atoms with Gasteiger partial charge in [-0.25, -0.2) is 0 Å². The second-order valence-corrected chi connectivity index (χ2v) is 7.85. The van der Waals surface area contributed by atoms with Crippen LogP contribution in [0.2, 0.25) is 0 Å². The number of carbonyl (C=O) groups excluding carboxylic acids is 2. The van der Waals surface area contributed by atoms with Crippen molar-refractivity contribution in [2.24, 2.45) is 5.92 Å². The van der Waals surface area contributed by atoms with Crippen LogP contribution < -0.4 is 5.32 Å². The van der Waals surface area contributed by atoms with Crippen molar-refractivity contribution in [3.63, 3.8) is 0 Å². The average molecular weight is 362 g/mol. The monoisotopic (exact) mass is 362 g/mol. The lowest BCUT2D eigenvalue weighted by Crippen LogP contribution is -2.45. The van der Waals surface area contributed by atoms with Gasteiger partial charge in [0.2, 0.25) is 11.8 Å². The van der Waals surface area contributed by atoms with E-state index >= 15 is 0 Å². The summed E-state index contributed by atoms with van der Waals surface area (Å²) in [6, 6.07) is 2.47. The Morgan fingerprint density at radius 2 is 2.04 bits per heavy atom. The summed E-state index contributed by atoms with van der Waals surface area (Å²) < 4.78 is 5.21. The number of aryl methyl sites for hydroxylation is 1. The smallest absolute Gasteiger partial charge is 0.224 e. The van der Waals surface area contributed by atoms with Crippen molar-refractivity contribution in [2.45, 2.75) is 64.6 Å². The minimum absolute atomic E-state index is 0.0120. The molecule has 1 aromatic rings. The molecule has 1 aliphatic carbocycles. The zero-order valence-electron chi connectivity index (χ0n) is 16.0. The first kappa shape index (κ1) is 18.9. The van der Waals surface area contributed by atoms with E-state index in [0.29, 0.717) is 31.3 Å². The molecule has 2 aliphatic rings. The summed E-state index contributed by atoms with van der Waals surface area (Å²) >= 11 is 0. The van der Waals surface area contributed by atoms with E-state index in [0.717, 1.165) is 31.0 Å². The van der Waals surface area contributed by atoms with Gasteiger partial charge in [0.05, 0.1) is 12.2 Å². The summed E-state index contributed by atoms with van der Waals surface area (Å²) in [5, 5.41) is 6.82. The fourth-order valence-corrected chi connectivity index (χ4v) is 3.78. The maximum Gasteiger partial charge on any atom is 0.224 e. The van der Waals surface area contributed by atoms with Crippen molar-refractivity contribution in [3.05, 3.63) is 17.5 Å². The predicted molar refractivity (Wildman–Crippen MR) is 97.3 cm³/mol. The van der Waals surface area contributed by atoms with Gasteiger partial charge in [-0.15, -0.1) is 0 Å². The molecular formula is C19H30N4O3. The fraction of sp³-hybridized carbons (Fsp3) is 0.737. The molecule has 0 spiro atoms. The molecule has 0 aromatic carbocycles. The van der Waals surface area contributed by atoms with Crippen LogP contribution in [-0.4, -0.2) is 59.0 Å². The molecule has 2 fully saturated rings. The van der Waals surface area contributed by atoms with E-state index in [1.165, 1.54) is 12.8 Å². The topological polar surface area (TPSA) is 78.7 Å². The second kappa shape index (κ2) is 8.20. The SMILES string of the molecule is CC(=O)NC[C@H]1CC[C@@H](CC(=O)N(C)Cc2cc(C)no2)N1CC1CC1. The van der Waals surface area contributed by atoms with Crippen LogP contribution in [0.5, 0.6) is 0 Å². The van der Waals surface area contributed by atoms with Crippen LogP contribution in [0.3, 0.4) is 0 Å². The number of rotatable bonds is 8. The minimum atomic E-state index is 0.0120. The number of likely N-dealkylation sites (tertiary alicyclic amines) is 1. The number of amides is 2. The summed E-state index contributed by atoms with van der Waals surface area (Å²) in [5.41, 5.74) is 0.827. The number of hydrogen-bond acceptors (Lipinski definition) is 5. The van der Waals surface area contributed by atoms with Crippen LogP contribution >= 0.6 is 0 Å². The van der Waals surface area contributed by atoms with Gasteiger partial charge in [0.15, 0.2) is 5.76 Å². The minimum Gasteiger partial charge on any atom is -0.359 e. The molecule has 1 aliphatic heterocycles. The predicted octanol–water partition coefficient (Wildman–Crippen LogP) is 1.71. The molecule has 0 radical (unpaired) electrons. The Hall–Kier alpha value is -1.89. The molecule has 2 amide bonds. The maximum absolute atomic E-state index is 12.7. The fourth-order valence-electron chi connectivity index (χ4n) is 3.78. The van der Waals surface area contributed by atoms with Crippen LogP contribution in [0, 0.1) is 12.8 Å². The maximum atomic E-state index is 12.7. The van der Waals surface area contributed by atoms with E-state index in [1.54, 1.807) is 11.8 Å². The largest absolute Gasteiger partial charge is 0.359 e. The Labute approximate surface area is 155 Å². The standard InChI is InChI=1S/C19H30N4O3/c1-13-8-18(26-21-13)12-22(3)19(25)9-16-6-7-17(10-20-14(2)24)23(16)11-15-4-5-15/h8,15-17H,4-7,9-12H2,1-3H3,(H,20,24)/t16-,17+/m0/s1. The summed E-state index contributed by atoms with van der Waals surface area (Å²) in [7, 11) is 1.81. The van der Waals surface area contributed by atoms with E-state index in [1.807, 2.05) is 20.0 Å². The summed E-state index contributed by atoms with van der Waals surface area (Å²) in [4.78, 5) is 28.1. The van der Waals surface area contributed by atoms with Crippen LogP contribution in [0.1, 0.15) is 50.5 Å². The number of aromatic nitrogens is 1. The summed E-state index contributed by atoms with van der Waals surface area (Å²) in [5.74, 6) is 1.62. The third kappa shape index (κ3) is 5.06. The Morgan fingerprint density at radius 1 is 1.31 bits per heavy atom. The van der Waals surface area contributed by atoms with Crippen molar-refractivity contribution >= 4 is 11.8 Å². The normalized spacial score (nSPS) is 23.2. The van der Waals surface area contributed by atoms with E-state index in [9.17, 15) is 9.59 Å². The molecule has 1 saturated carbocycles. The van der Waals surface area contributed by atoms with Crippen molar-refractivity contribution in [1.29, 1.82) is 0 Å². The molecule has 26 heavy (non-hydrogen) atoms. The molecule has 7 heteroatoms. The van der Waals surface area contributed by atoms with Gasteiger partial charge in [-0.05, 0) is 38.5 Å². The van der Waals surface area contributed by atoms with Crippen molar-refractivity contribution < 1.29 is 14.1 Å². The van der Waals surface area contributed by atoms with Crippen LogP contribution in [0.4, 0.5) is 0 Å². The Morgan fingerprint density at radius 3 is 2.65 bits per heavy atom. The van der Waals surface area contributed by atoms with Gasteiger partial charge in [-0.3, -0.25) is 14.5 Å². The molecule has 1 saturated heterocycles. The van der Waals surface area contributed by atoms with Gasteiger partial charge in [0.1, 0.15) is 0 Å². The van der Waals surface area contributed by atoms with Crippen molar-refractivity contribution in [3.8, 4) is 0 Å². The third-order valence-corrected chi connectivity index (χ3v) is 5.43. The Kier molecular flexibility index (Phi) is 5.96. The molecule has 0 unspecified atom stereocenters. The first-order valence-corrected chi connectivity index (χ1v) is 9.58. The van der Waals surface area contributed by atoms with Crippen molar-refractivity contribution in [1.82, 2.24) is 20.3 Å². The highest BCUT2D eigenvalue weighted by molar-refractivity contribution is 5.76. The van der Waals surface area contributed by atoms with Crippen LogP contribution in [-0.2, 0) is 16.1 Å². The Balaban J connectivity index is 1.55. The second-order valence-electron chi connectivity index (χ2n) is 7.85. The molecule has 144 valence electrons. The van der Waals surface area contributed by atoms with E-state index in [4.69, 9.17) is 4.52 Å². The number of hydrogen-bond donors (Lipinski definition) is 1. The lowest BCUT2D eigenvalue weighted by Gasteiger charge is -2.31. The van der Waals surface area contributed by atoms with Crippen molar-refractivity contribution in [2.75, 3.05) is 20.1 Å². The first-order valence-electron chi connectivity index (χ1n) is 9.58. The lowest BCUT2D eigenvalue weighted by molar-refractivity contribution is -0.132. The average Bonchev–Trinajstić information content (AvgIpc) is 3.20. The number of nitrogens with one attached hydrogen (secondary N) is 1. The molecule has 2 atom stereocenters.